The van der Waals surface area contributed by atoms with Crippen LogP contribution in [0.4, 0.5) is 4.39 Å². The number of hydrogen-bond donors (Lipinski definition) is 0. The van der Waals surface area contributed by atoms with Gasteiger partial charge in [0, 0.05) is 10.9 Å². The van der Waals surface area contributed by atoms with Gasteiger partial charge in [-0.15, -0.1) is 0 Å². The molecule has 4 rings (SSSR count). The van der Waals surface area contributed by atoms with Crippen LogP contribution in [-0.4, -0.2) is 0 Å². The van der Waals surface area contributed by atoms with Gasteiger partial charge < -0.3 is 0 Å². The third-order valence-corrected chi connectivity index (χ3v) is 8.66. The van der Waals surface area contributed by atoms with Crippen molar-refractivity contribution in [3.8, 4) is 11.8 Å². The molecule has 0 nitrogen and oxygen atoms in total. The summed E-state index contributed by atoms with van der Waals surface area (Å²) in [5.74, 6) is 7.95. The maximum Gasteiger partial charge on any atom is 0.146 e. The van der Waals surface area contributed by atoms with Gasteiger partial charge in [0.25, 0.3) is 0 Å². The first-order chi connectivity index (χ1) is 18.7. The standard InChI is InChI=1S/C37H47F/c1-3-5-7-8-9-11-33-23-27-36-35(28-33)26-25-34(37(36)38)24-22-32-20-18-31(19-21-32)17-16-30-14-12-29(13-15-30)10-6-4-2/h18-21,23,25-30H,3-17H2,1-2H3. The molecule has 0 spiro atoms. The average molecular weight is 511 g/mol. The van der Waals surface area contributed by atoms with E-state index in [1.165, 1.54) is 94.6 Å². The maximum atomic E-state index is 15.2. The second-order valence-electron chi connectivity index (χ2n) is 11.7. The Kier molecular flexibility index (Phi) is 11.3. The predicted octanol–water partition coefficient (Wildman–Crippen LogP) is 10.8. The molecule has 1 aliphatic rings. The number of rotatable bonds is 12. The van der Waals surface area contributed by atoms with Gasteiger partial charge >= 0.3 is 0 Å². The van der Waals surface area contributed by atoms with E-state index in [1.54, 1.807) is 0 Å². The largest absolute Gasteiger partial charge is 0.205 e. The number of benzene rings is 3. The summed E-state index contributed by atoms with van der Waals surface area (Å²) >= 11 is 0. The summed E-state index contributed by atoms with van der Waals surface area (Å²) < 4.78 is 15.2. The van der Waals surface area contributed by atoms with Crippen LogP contribution in [0, 0.1) is 29.5 Å². The molecule has 0 amide bonds. The van der Waals surface area contributed by atoms with Crippen molar-refractivity contribution in [2.45, 2.75) is 110 Å². The van der Waals surface area contributed by atoms with Crippen molar-refractivity contribution in [2.24, 2.45) is 11.8 Å². The average Bonchev–Trinajstić information content (AvgIpc) is 2.95. The summed E-state index contributed by atoms with van der Waals surface area (Å²) in [5, 5.41) is 1.64. The SMILES string of the molecule is CCCCCCCc1ccc2c(F)c(C#Cc3ccc(CCC4CCC(CCCC)CC4)cc3)ccc2c1. The first-order valence-corrected chi connectivity index (χ1v) is 15.5. The Morgan fingerprint density at radius 2 is 1.34 bits per heavy atom. The van der Waals surface area contributed by atoms with Crippen LogP contribution in [0.2, 0.25) is 0 Å². The Hall–Kier alpha value is -2.59. The Bertz CT molecular complexity index is 1190. The predicted molar refractivity (Wildman–Crippen MR) is 162 cm³/mol. The summed E-state index contributed by atoms with van der Waals surface area (Å²) in [6, 6.07) is 18.6. The Morgan fingerprint density at radius 1 is 0.658 bits per heavy atom. The lowest BCUT2D eigenvalue weighted by Crippen LogP contribution is -2.15. The molecule has 0 saturated heterocycles. The van der Waals surface area contributed by atoms with Crippen LogP contribution in [0.3, 0.4) is 0 Å². The highest BCUT2D eigenvalue weighted by atomic mass is 19.1. The molecule has 1 heteroatoms. The molecular formula is C37H47F. The molecule has 0 atom stereocenters. The monoisotopic (exact) mass is 510 g/mol. The molecule has 0 bridgehead atoms. The zero-order valence-electron chi connectivity index (χ0n) is 23.8. The third kappa shape index (κ3) is 8.46. The first-order valence-electron chi connectivity index (χ1n) is 15.5. The van der Waals surface area contributed by atoms with Crippen LogP contribution < -0.4 is 0 Å². The van der Waals surface area contributed by atoms with E-state index >= 15 is 4.39 Å². The molecule has 3 aromatic carbocycles. The van der Waals surface area contributed by atoms with Crippen LogP contribution in [0.15, 0.2) is 54.6 Å². The molecule has 0 aliphatic heterocycles. The quantitative estimate of drug-likeness (QED) is 0.168. The molecule has 202 valence electrons. The summed E-state index contributed by atoms with van der Waals surface area (Å²) in [6.07, 6.45) is 19.8. The molecule has 0 aromatic heterocycles. The van der Waals surface area contributed by atoms with Crippen molar-refractivity contribution >= 4 is 10.8 Å². The van der Waals surface area contributed by atoms with Gasteiger partial charge in [-0.05, 0) is 72.2 Å². The van der Waals surface area contributed by atoms with E-state index < -0.39 is 0 Å². The lowest BCUT2D eigenvalue weighted by atomic mass is 9.78. The van der Waals surface area contributed by atoms with Crippen molar-refractivity contribution in [2.75, 3.05) is 0 Å². The van der Waals surface area contributed by atoms with Crippen molar-refractivity contribution in [1.82, 2.24) is 0 Å². The first kappa shape index (κ1) is 28.4. The Morgan fingerprint density at radius 3 is 2.08 bits per heavy atom. The topological polar surface area (TPSA) is 0 Å². The number of hydrogen-bond acceptors (Lipinski definition) is 0. The molecule has 1 aliphatic carbocycles. The lowest BCUT2D eigenvalue weighted by molar-refractivity contribution is 0.250. The van der Waals surface area contributed by atoms with Crippen LogP contribution in [0.1, 0.15) is 120 Å². The minimum Gasteiger partial charge on any atom is -0.205 e. The second-order valence-corrected chi connectivity index (χ2v) is 11.7. The fraction of sp³-hybridized carbons (Fsp3) is 0.514. The number of aryl methyl sites for hydroxylation is 2. The minimum atomic E-state index is -0.203. The fourth-order valence-corrected chi connectivity index (χ4v) is 6.09. The van der Waals surface area contributed by atoms with Gasteiger partial charge in [-0.2, -0.15) is 0 Å². The van der Waals surface area contributed by atoms with E-state index in [2.05, 4.69) is 62.1 Å². The van der Waals surface area contributed by atoms with E-state index in [0.717, 1.165) is 35.6 Å². The van der Waals surface area contributed by atoms with Crippen molar-refractivity contribution in [1.29, 1.82) is 0 Å². The minimum absolute atomic E-state index is 0.203. The molecule has 0 heterocycles. The summed E-state index contributed by atoms with van der Waals surface area (Å²) in [4.78, 5) is 0. The molecule has 1 saturated carbocycles. The molecular weight excluding hydrogens is 463 g/mol. The number of unbranched alkanes of at least 4 members (excludes halogenated alkanes) is 5. The second kappa shape index (κ2) is 15.1. The molecule has 3 aromatic rings. The normalized spacial score (nSPS) is 17.3. The summed E-state index contributed by atoms with van der Waals surface area (Å²) in [7, 11) is 0. The zero-order chi connectivity index (χ0) is 26.6. The van der Waals surface area contributed by atoms with Crippen molar-refractivity contribution < 1.29 is 4.39 Å². The molecule has 38 heavy (non-hydrogen) atoms. The van der Waals surface area contributed by atoms with Crippen LogP contribution in [0.5, 0.6) is 0 Å². The zero-order valence-corrected chi connectivity index (χ0v) is 23.8. The van der Waals surface area contributed by atoms with Gasteiger partial charge in [0.1, 0.15) is 5.82 Å². The van der Waals surface area contributed by atoms with Gasteiger partial charge in [-0.1, -0.05) is 133 Å². The number of halogens is 1. The highest BCUT2D eigenvalue weighted by molar-refractivity contribution is 5.85. The maximum absolute atomic E-state index is 15.2. The van der Waals surface area contributed by atoms with Crippen LogP contribution in [-0.2, 0) is 12.8 Å². The van der Waals surface area contributed by atoms with Crippen molar-refractivity contribution in [3.63, 3.8) is 0 Å². The smallest absolute Gasteiger partial charge is 0.146 e. The van der Waals surface area contributed by atoms with Gasteiger partial charge in [0.05, 0.1) is 5.56 Å². The van der Waals surface area contributed by atoms with E-state index in [0.29, 0.717) is 10.9 Å². The highest BCUT2D eigenvalue weighted by Crippen LogP contribution is 2.34. The molecule has 1 fully saturated rings. The third-order valence-electron chi connectivity index (χ3n) is 8.66. The van der Waals surface area contributed by atoms with Gasteiger partial charge in [-0.25, -0.2) is 4.39 Å². The van der Waals surface area contributed by atoms with Gasteiger partial charge in [-0.3, -0.25) is 0 Å². The molecule has 0 unspecified atom stereocenters. The van der Waals surface area contributed by atoms with Crippen LogP contribution in [0.25, 0.3) is 10.8 Å². The van der Waals surface area contributed by atoms with E-state index in [9.17, 15) is 0 Å². The van der Waals surface area contributed by atoms with Crippen LogP contribution >= 0.6 is 0 Å². The summed E-state index contributed by atoms with van der Waals surface area (Å²) in [5.41, 5.74) is 4.11. The van der Waals surface area contributed by atoms with Crippen molar-refractivity contribution in [3.05, 3.63) is 82.7 Å². The fourth-order valence-electron chi connectivity index (χ4n) is 6.09. The van der Waals surface area contributed by atoms with E-state index in [1.807, 2.05) is 18.2 Å². The Labute approximate surface area is 231 Å². The number of fused-ring (bicyclic) bond motifs is 1. The van der Waals surface area contributed by atoms with Gasteiger partial charge in [0.2, 0.25) is 0 Å². The summed E-state index contributed by atoms with van der Waals surface area (Å²) in [6.45, 7) is 4.55. The van der Waals surface area contributed by atoms with E-state index in [-0.39, 0.29) is 5.82 Å². The van der Waals surface area contributed by atoms with Gasteiger partial charge in [0.15, 0.2) is 0 Å². The Balaban J connectivity index is 1.29. The van der Waals surface area contributed by atoms with E-state index in [4.69, 9.17) is 0 Å². The molecule has 0 N–H and O–H groups in total. The lowest BCUT2D eigenvalue weighted by Gasteiger charge is -2.28. The highest BCUT2D eigenvalue weighted by Gasteiger charge is 2.20. The molecule has 0 radical (unpaired) electrons.